The lowest BCUT2D eigenvalue weighted by atomic mass is 10.1. The van der Waals surface area contributed by atoms with Gasteiger partial charge in [-0.3, -0.25) is 0 Å². The molecule has 0 aliphatic heterocycles. The summed E-state index contributed by atoms with van der Waals surface area (Å²) in [6, 6.07) is 18.1. The Kier molecular flexibility index (Phi) is 9.18. The Labute approximate surface area is 230 Å². The normalized spacial score (nSPS) is 12.9. The highest BCUT2D eigenvalue weighted by atomic mass is 35.5. The van der Waals surface area contributed by atoms with Gasteiger partial charge in [0.25, 0.3) is 0 Å². The number of aliphatic hydroxyl groups excluding tert-OH is 1. The fourth-order valence-electron chi connectivity index (χ4n) is 3.83. The summed E-state index contributed by atoms with van der Waals surface area (Å²) in [5, 5.41) is 12.9. The van der Waals surface area contributed by atoms with Crippen molar-refractivity contribution in [2.45, 2.75) is 31.9 Å². The first-order valence-electron chi connectivity index (χ1n) is 11.2. The molecule has 0 aliphatic rings. The maximum Gasteiger partial charge on any atom is 0.243 e. The Bertz CT molecular complexity index is 1330. The number of nitrogens with zero attached hydrogens (tertiary/aromatic N) is 2. The highest BCUT2D eigenvalue weighted by Gasteiger charge is 2.21. The van der Waals surface area contributed by atoms with E-state index in [-0.39, 0.29) is 12.7 Å². The summed E-state index contributed by atoms with van der Waals surface area (Å²) in [5.74, 6) is 0.703. The minimum atomic E-state index is -0.689. The van der Waals surface area contributed by atoms with Crippen LogP contribution < -0.4 is 9.30 Å². The van der Waals surface area contributed by atoms with Crippen molar-refractivity contribution in [2.75, 3.05) is 7.11 Å². The first-order chi connectivity index (χ1) is 17.3. The summed E-state index contributed by atoms with van der Waals surface area (Å²) in [4.78, 5) is 0. The summed E-state index contributed by atoms with van der Waals surface area (Å²) in [7, 11) is 1.60. The van der Waals surface area contributed by atoms with Gasteiger partial charge < -0.3 is 14.6 Å². The molecule has 0 radical (unpaired) electrons. The van der Waals surface area contributed by atoms with Crippen LogP contribution in [0.3, 0.4) is 0 Å². The van der Waals surface area contributed by atoms with Gasteiger partial charge in [0, 0.05) is 25.7 Å². The molecule has 0 saturated heterocycles. The largest absolute Gasteiger partial charge is 0.497 e. The highest BCUT2D eigenvalue weighted by molar-refractivity contribution is 6.35. The molecule has 5 nitrogen and oxygen atoms in total. The molecule has 2 atom stereocenters. The Morgan fingerprint density at radius 1 is 0.944 bits per heavy atom. The van der Waals surface area contributed by atoms with Crippen LogP contribution in [0, 0.1) is 0 Å². The van der Waals surface area contributed by atoms with Crippen molar-refractivity contribution in [3.8, 4) is 5.75 Å². The van der Waals surface area contributed by atoms with E-state index in [2.05, 4.69) is 0 Å². The lowest BCUT2D eigenvalue weighted by Crippen LogP contribution is -2.34. The Morgan fingerprint density at radius 2 is 1.69 bits per heavy atom. The van der Waals surface area contributed by atoms with Crippen LogP contribution in [-0.4, -0.2) is 16.8 Å². The quantitative estimate of drug-likeness (QED) is 0.208. The second-order valence-electron chi connectivity index (χ2n) is 8.30. The van der Waals surface area contributed by atoms with E-state index in [0.717, 1.165) is 16.7 Å². The number of methoxy groups -OCH3 is 1. The highest BCUT2D eigenvalue weighted by Crippen LogP contribution is 2.31. The second-order valence-corrected chi connectivity index (χ2v) is 9.99. The lowest BCUT2D eigenvalue weighted by Gasteiger charge is -2.19. The molecule has 4 rings (SSSR count). The molecule has 0 aliphatic carbocycles. The minimum Gasteiger partial charge on any atom is -0.497 e. The molecule has 0 amide bonds. The van der Waals surface area contributed by atoms with Crippen LogP contribution in [0.15, 0.2) is 79.4 Å². The van der Waals surface area contributed by atoms with Gasteiger partial charge in [-0.2, -0.15) is 0 Å². The zero-order valence-electron chi connectivity index (χ0n) is 19.5. The van der Waals surface area contributed by atoms with E-state index < -0.39 is 6.10 Å². The maximum atomic E-state index is 10.7. The van der Waals surface area contributed by atoms with Crippen LogP contribution in [-0.2, 0) is 24.4 Å². The van der Waals surface area contributed by atoms with Crippen molar-refractivity contribution in [1.82, 2.24) is 4.57 Å². The third kappa shape index (κ3) is 6.94. The molecule has 0 saturated carbocycles. The number of rotatable bonds is 10. The monoisotopic (exact) mass is 565 g/mol. The predicted molar refractivity (Wildman–Crippen MR) is 143 cm³/mol. The van der Waals surface area contributed by atoms with Gasteiger partial charge in [0.15, 0.2) is 0 Å². The van der Waals surface area contributed by atoms with Crippen molar-refractivity contribution in [1.29, 1.82) is 0 Å². The number of aromatic nitrogens is 2. The van der Waals surface area contributed by atoms with Gasteiger partial charge in [0.2, 0.25) is 6.33 Å². The number of ether oxygens (including phenoxy) is 2. The third-order valence-corrected chi connectivity index (χ3v) is 6.90. The summed E-state index contributed by atoms with van der Waals surface area (Å²) in [6.45, 7) is 1.14. The minimum absolute atomic E-state index is 0.273. The van der Waals surface area contributed by atoms with Crippen LogP contribution >= 0.6 is 46.4 Å². The van der Waals surface area contributed by atoms with E-state index in [1.165, 1.54) is 0 Å². The molecule has 2 unspecified atom stereocenters. The molecule has 0 fully saturated rings. The molecule has 0 spiro atoms. The Morgan fingerprint density at radius 3 is 2.42 bits per heavy atom. The van der Waals surface area contributed by atoms with Crippen molar-refractivity contribution in [2.24, 2.45) is 0 Å². The van der Waals surface area contributed by atoms with Crippen molar-refractivity contribution < 1.29 is 19.1 Å². The number of aliphatic hydroxyl groups is 1. The number of benzene rings is 3. The molecule has 3 aromatic carbocycles. The van der Waals surface area contributed by atoms with E-state index in [1.807, 2.05) is 64.3 Å². The summed E-state index contributed by atoms with van der Waals surface area (Å²) in [6.07, 6.45) is 4.67. The van der Waals surface area contributed by atoms with Crippen LogP contribution in [0.4, 0.5) is 0 Å². The number of hydrogen-bond donors (Lipinski definition) is 1. The van der Waals surface area contributed by atoms with Gasteiger partial charge in [-0.15, -0.1) is 0 Å². The smallest absolute Gasteiger partial charge is 0.243 e. The first-order valence-corrected chi connectivity index (χ1v) is 12.7. The van der Waals surface area contributed by atoms with Crippen LogP contribution in [0.1, 0.15) is 28.9 Å². The van der Waals surface area contributed by atoms with Crippen molar-refractivity contribution >= 4 is 46.4 Å². The predicted octanol–water partition coefficient (Wildman–Crippen LogP) is 7.09. The maximum absolute atomic E-state index is 10.7. The number of halogens is 4. The summed E-state index contributed by atoms with van der Waals surface area (Å²) >= 11 is 25.0. The van der Waals surface area contributed by atoms with Crippen LogP contribution in [0.25, 0.3) is 0 Å². The van der Waals surface area contributed by atoms with Crippen molar-refractivity contribution in [3.05, 3.63) is 116 Å². The molecule has 0 bridgehead atoms. The van der Waals surface area contributed by atoms with E-state index >= 15 is 0 Å². The number of hydrogen-bond acceptors (Lipinski definition) is 3. The average Bonchev–Trinajstić information content (AvgIpc) is 3.29. The molecule has 1 N–H and O–H groups in total. The SMILES string of the molecule is COc1cccc(C(O)C[n+]2ccn(CC(OCc3ccc(Cl)cc3Cl)c3ccc(Cl)cc3Cl)c2)c1. The van der Waals surface area contributed by atoms with Gasteiger partial charge in [-0.25, -0.2) is 9.13 Å². The zero-order chi connectivity index (χ0) is 25.7. The fourth-order valence-corrected chi connectivity index (χ4v) is 4.83. The van der Waals surface area contributed by atoms with Gasteiger partial charge in [-0.1, -0.05) is 70.7 Å². The molecule has 188 valence electrons. The summed E-state index contributed by atoms with van der Waals surface area (Å²) < 4.78 is 15.5. The molecular weight excluding hydrogens is 542 g/mol. The first kappa shape index (κ1) is 26.8. The molecule has 36 heavy (non-hydrogen) atoms. The van der Waals surface area contributed by atoms with E-state index in [0.29, 0.717) is 38.9 Å². The zero-order valence-corrected chi connectivity index (χ0v) is 22.5. The molecule has 9 heteroatoms. The second kappa shape index (κ2) is 12.3. The third-order valence-electron chi connectivity index (χ3n) is 5.75. The van der Waals surface area contributed by atoms with E-state index in [9.17, 15) is 5.11 Å². The lowest BCUT2D eigenvalue weighted by molar-refractivity contribution is -0.704. The number of imidazole rings is 1. The summed E-state index contributed by atoms with van der Waals surface area (Å²) in [5.41, 5.74) is 2.41. The van der Waals surface area contributed by atoms with Gasteiger partial charge >= 0.3 is 0 Å². The van der Waals surface area contributed by atoms with Gasteiger partial charge in [-0.05, 0) is 47.5 Å². The molecular formula is C27H25Cl4N2O3+. The van der Waals surface area contributed by atoms with E-state index in [1.54, 1.807) is 31.4 Å². The van der Waals surface area contributed by atoms with Gasteiger partial charge in [0.05, 0.1) is 13.7 Å². The molecule has 1 heterocycles. The Hall–Kier alpha value is -2.25. The fraction of sp³-hybridized carbons (Fsp3) is 0.222. The van der Waals surface area contributed by atoms with Crippen molar-refractivity contribution in [3.63, 3.8) is 0 Å². The Balaban J connectivity index is 1.50. The van der Waals surface area contributed by atoms with Crippen LogP contribution in [0.2, 0.25) is 20.1 Å². The standard InChI is InChI=1S/C27H25Cl4N2O3/c1-35-22-4-2-3-18(11-22)26(34)14-32-9-10-33(17-32)15-27(23-8-7-21(29)13-25(23)31)36-16-19-5-6-20(28)12-24(19)30/h2-13,17,26-27,34H,14-16H2,1H3/q+1. The molecule has 1 aromatic heterocycles. The van der Waals surface area contributed by atoms with Gasteiger partial charge in [0.1, 0.15) is 43.4 Å². The average molecular weight is 567 g/mol. The van der Waals surface area contributed by atoms with Crippen LogP contribution in [0.5, 0.6) is 5.75 Å². The van der Waals surface area contributed by atoms with E-state index in [4.69, 9.17) is 55.9 Å². The molecule has 4 aromatic rings. The topological polar surface area (TPSA) is 47.5 Å².